The molecule has 0 saturated carbocycles. The normalized spacial score (nSPS) is 10.8. The van der Waals surface area contributed by atoms with Gasteiger partial charge in [-0.1, -0.05) is 41.1 Å². The lowest BCUT2D eigenvalue weighted by atomic mass is 10.1. The Morgan fingerprint density at radius 2 is 1.89 bits per heavy atom. The molecule has 28 heavy (non-hydrogen) atoms. The number of anilines is 1. The first-order chi connectivity index (χ1) is 13.5. The van der Waals surface area contributed by atoms with Gasteiger partial charge in [-0.05, 0) is 43.0 Å². The van der Waals surface area contributed by atoms with E-state index in [9.17, 15) is 9.18 Å². The molecule has 0 bridgehead atoms. The molecule has 2 aromatic heterocycles. The molecular weight excluding hydrogens is 377 g/mol. The summed E-state index contributed by atoms with van der Waals surface area (Å²) in [7, 11) is 0. The maximum absolute atomic E-state index is 13.7. The SMILES string of the molecule is Cc1ccc(-c2noc(-c3sccc3NC(=O)c3ccc(C)c(F)c3)n2)cc1. The van der Waals surface area contributed by atoms with Gasteiger partial charge < -0.3 is 9.84 Å². The van der Waals surface area contributed by atoms with Gasteiger partial charge in [0.1, 0.15) is 10.7 Å². The van der Waals surface area contributed by atoms with Crippen LogP contribution in [0.15, 0.2) is 58.4 Å². The van der Waals surface area contributed by atoms with Crippen LogP contribution in [-0.2, 0) is 0 Å². The lowest BCUT2D eigenvalue weighted by molar-refractivity contribution is 0.102. The zero-order valence-electron chi connectivity index (χ0n) is 15.2. The van der Waals surface area contributed by atoms with Crippen LogP contribution in [0.25, 0.3) is 22.2 Å². The Morgan fingerprint density at radius 1 is 1.11 bits per heavy atom. The lowest BCUT2D eigenvalue weighted by Crippen LogP contribution is -2.12. The summed E-state index contributed by atoms with van der Waals surface area (Å²) in [5.74, 6) is -0.0353. The summed E-state index contributed by atoms with van der Waals surface area (Å²) in [5, 5.41) is 8.63. The molecule has 0 aliphatic heterocycles. The van der Waals surface area contributed by atoms with E-state index >= 15 is 0 Å². The van der Waals surface area contributed by atoms with Crippen LogP contribution in [0.4, 0.5) is 10.1 Å². The molecule has 1 N–H and O–H groups in total. The molecule has 0 aliphatic carbocycles. The third-order valence-corrected chi connectivity index (χ3v) is 5.18. The van der Waals surface area contributed by atoms with Crippen molar-refractivity contribution < 1.29 is 13.7 Å². The van der Waals surface area contributed by atoms with E-state index in [4.69, 9.17) is 4.52 Å². The average molecular weight is 393 g/mol. The fourth-order valence-electron chi connectivity index (χ4n) is 2.64. The first kappa shape index (κ1) is 18.1. The second kappa shape index (κ2) is 7.36. The Kier molecular flexibility index (Phi) is 4.75. The number of nitrogens with one attached hydrogen (secondary N) is 1. The van der Waals surface area contributed by atoms with Crippen molar-refractivity contribution in [3.8, 4) is 22.2 Å². The van der Waals surface area contributed by atoms with Gasteiger partial charge in [0.25, 0.3) is 11.8 Å². The van der Waals surface area contributed by atoms with Crippen LogP contribution < -0.4 is 5.32 Å². The summed E-state index contributed by atoms with van der Waals surface area (Å²) in [5.41, 5.74) is 3.25. The predicted molar refractivity (Wildman–Crippen MR) is 107 cm³/mol. The highest BCUT2D eigenvalue weighted by atomic mass is 32.1. The standard InChI is InChI=1S/C21H16FN3O2S/c1-12-3-6-14(7-4-12)19-24-21(27-25-19)18-17(9-10-28-18)23-20(26)15-8-5-13(2)16(22)11-15/h3-11H,1-2H3,(H,23,26). The fraction of sp³-hybridized carbons (Fsp3) is 0.0952. The van der Waals surface area contributed by atoms with Gasteiger partial charge in [0.2, 0.25) is 5.82 Å². The fourth-order valence-corrected chi connectivity index (χ4v) is 3.41. The number of rotatable bonds is 4. The number of aromatic nitrogens is 2. The van der Waals surface area contributed by atoms with Crippen molar-refractivity contribution in [2.45, 2.75) is 13.8 Å². The molecule has 0 unspecified atom stereocenters. The molecule has 4 rings (SSSR count). The van der Waals surface area contributed by atoms with Gasteiger partial charge in [0, 0.05) is 11.1 Å². The monoisotopic (exact) mass is 393 g/mol. The molecule has 140 valence electrons. The zero-order valence-corrected chi connectivity index (χ0v) is 16.0. The quantitative estimate of drug-likeness (QED) is 0.499. The van der Waals surface area contributed by atoms with Crippen LogP contribution in [0.1, 0.15) is 21.5 Å². The number of aryl methyl sites for hydroxylation is 2. The van der Waals surface area contributed by atoms with Gasteiger partial charge in [-0.3, -0.25) is 4.79 Å². The van der Waals surface area contributed by atoms with Crippen molar-refractivity contribution >= 4 is 22.9 Å². The first-order valence-electron chi connectivity index (χ1n) is 8.57. The molecule has 0 spiro atoms. The zero-order chi connectivity index (χ0) is 19.7. The van der Waals surface area contributed by atoms with Crippen molar-refractivity contribution in [2.24, 2.45) is 0 Å². The number of carbonyl (C=O) groups is 1. The van der Waals surface area contributed by atoms with E-state index in [0.29, 0.717) is 27.8 Å². The second-order valence-corrected chi connectivity index (χ2v) is 7.29. The van der Waals surface area contributed by atoms with Crippen molar-refractivity contribution in [2.75, 3.05) is 5.32 Å². The molecule has 0 aliphatic rings. The maximum atomic E-state index is 13.7. The number of amides is 1. The van der Waals surface area contributed by atoms with E-state index in [-0.39, 0.29) is 5.56 Å². The van der Waals surface area contributed by atoms with Gasteiger partial charge in [-0.25, -0.2) is 4.39 Å². The predicted octanol–water partition coefficient (Wildman–Crippen LogP) is 5.47. The van der Waals surface area contributed by atoms with Crippen molar-refractivity contribution in [1.29, 1.82) is 0 Å². The summed E-state index contributed by atoms with van der Waals surface area (Å²) in [6, 6.07) is 13.9. The molecule has 2 heterocycles. The van der Waals surface area contributed by atoms with E-state index < -0.39 is 11.7 Å². The minimum absolute atomic E-state index is 0.242. The molecule has 5 nitrogen and oxygen atoms in total. The summed E-state index contributed by atoms with van der Waals surface area (Å²) < 4.78 is 19.1. The lowest BCUT2D eigenvalue weighted by Gasteiger charge is -2.05. The van der Waals surface area contributed by atoms with E-state index in [1.807, 2.05) is 36.6 Å². The molecular formula is C21H16FN3O2S. The molecule has 2 aromatic carbocycles. The van der Waals surface area contributed by atoms with Crippen LogP contribution in [0.3, 0.4) is 0 Å². The Balaban J connectivity index is 1.58. The van der Waals surface area contributed by atoms with E-state index in [1.54, 1.807) is 25.1 Å². The number of benzene rings is 2. The number of halogens is 1. The van der Waals surface area contributed by atoms with Crippen molar-refractivity contribution in [3.05, 3.63) is 76.4 Å². The summed E-state index contributed by atoms with van der Waals surface area (Å²) >= 11 is 1.37. The van der Waals surface area contributed by atoms with Crippen molar-refractivity contribution in [1.82, 2.24) is 10.1 Å². The maximum Gasteiger partial charge on any atom is 0.270 e. The topological polar surface area (TPSA) is 68.0 Å². The molecule has 0 fully saturated rings. The molecule has 4 aromatic rings. The molecule has 7 heteroatoms. The van der Waals surface area contributed by atoms with Gasteiger partial charge in [-0.15, -0.1) is 11.3 Å². The number of nitrogens with zero attached hydrogens (tertiary/aromatic N) is 2. The van der Waals surface area contributed by atoms with Crippen LogP contribution in [0, 0.1) is 19.7 Å². The smallest absolute Gasteiger partial charge is 0.270 e. The summed E-state index contributed by atoms with van der Waals surface area (Å²) in [6.45, 7) is 3.65. The van der Waals surface area contributed by atoms with Gasteiger partial charge in [-0.2, -0.15) is 4.98 Å². The van der Waals surface area contributed by atoms with E-state index in [0.717, 1.165) is 11.1 Å². The van der Waals surface area contributed by atoms with Gasteiger partial charge >= 0.3 is 0 Å². The van der Waals surface area contributed by atoms with Gasteiger partial charge in [0.05, 0.1) is 5.69 Å². The third-order valence-electron chi connectivity index (χ3n) is 4.28. The minimum atomic E-state index is -0.419. The number of hydrogen-bond acceptors (Lipinski definition) is 5. The first-order valence-corrected chi connectivity index (χ1v) is 9.45. The Labute approximate surface area is 164 Å². The number of carbonyl (C=O) groups excluding carboxylic acids is 1. The number of thiophene rings is 1. The average Bonchev–Trinajstić information content (AvgIpc) is 3.34. The Morgan fingerprint density at radius 3 is 2.64 bits per heavy atom. The van der Waals surface area contributed by atoms with E-state index in [2.05, 4.69) is 15.5 Å². The van der Waals surface area contributed by atoms with Crippen LogP contribution in [-0.4, -0.2) is 16.0 Å². The summed E-state index contributed by atoms with van der Waals surface area (Å²) in [6.07, 6.45) is 0. The highest BCUT2D eigenvalue weighted by Gasteiger charge is 2.18. The van der Waals surface area contributed by atoms with Crippen LogP contribution in [0.5, 0.6) is 0 Å². The highest BCUT2D eigenvalue weighted by Crippen LogP contribution is 2.34. The van der Waals surface area contributed by atoms with Crippen LogP contribution >= 0.6 is 11.3 Å². The van der Waals surface area contributed by atoms with E-state index in [1.165, 1.54) is 17.4 Å². The minimum Gasteiger partial charge on any atom is -0.333 e. The summed E-state index contributed by atoms with van der Waals surface area (Å²) in [4.78, 5) is 17.6. The third kappa shape index (κ3) is 3.57. The molecule has 0 saturated heterocycles. The largest absolute Gasteiger partial charge is 0.333 e. The van der Waals surface area contributed by atoms with Crippen molar-refractivity contribution in [3.63, 3.8) is 0 Å². The highest BCUT2D eigenvalue weighted by molar-refractivity contribution is 7.14. The second-order valence-electron chi connectivity index (χ2n) is 6.37. The Hall–Kier alpha value is -3.32. The molecule has 0 atom stereocenters. The molecule has 1 amide bonds. The number of hydrogen-bond donors (Lipinski definition) is 1. The Bertz CT molecular complexity index is 1150. The van der Waals surface area contributed by atoms with Crippen LogP contribution in [0.2, 0.25) is 0 Å². The van der Waals surface area contributed by atoms with Gasteiger partial charge in [0.15, 0.2) is 0 Å². The molecule has 0 radical (unpaired) electrons.